The Morgan fingerprint density at radius 1 is 1.03 bits per heavy atom. The van der Waals surface area contributed by atoms with E-state index in [2.05, 4.69) is 10.6 Å². The maximum atomic E-state index is 13.0. The zero-order chi connectivity index (χ0) is 23.6. The lowest BCUT2D eigenvalue weighted by atomic mass is 9.88. The molecular weight excluding hydrogens is 418 g/mol. The predicted octanol–water partition coefficient (Wildman–Crippen LogP) is 2.80. The lowest BCUT2D eigenvalue weighted by Gasteiger charge is -2.36. The number of rotatable bonds is 9. The topological polar surface area (TPSA) is 87.7 Å². The minimum atomic E-state index is -0.658. The van der Waals surface area contributed by atoms with Gasteiger partial charge in [0, 0.05) is 44.5 Å². The number of likely N-dealkylation sites (tertiary alicyclic amines) is 1. The van der Waals surface area contributed by atoms with E-state index in [0.717, 1.165) is 5.56 Å². The van der Waals surface area contributed by atoms with Gasteiger partial charge in [-0.2, -0.15) is 0 Å². The van der Waals surface area contributed by atoms with Gasteiger partial charge in [-0.1, -0.05) is 35.9 Å². The van der Waals surface area contributed by atoms with Crippen molar-refractivity contribution in [3.8, 4) is 0 Å². The van der Waals surface area contributed by atoms with Crippen LogP contribution in [0.25, 0.3) is 0 Å². The Labute approximate surface area is 195 Å². The molecule has 0 aliphatic carbocycles. The van der Waals surface area contributed by atoms with Crippen LogP contribution < -0.4 is 10.6 Å². The summed E-state index contributed by atoms with van der Waals surface area (Å²) in [4.78, 5) is 40.5. The Balaban J connectivity index is 1.66. The smallest absolute Gasteiger partial charge is 0.253 e. The molecule has 0 spiro atoms. The number of hydrogen-bond acceptors (Lipinski definition) is 4. The molecular formula is C26H33N3O4. The van der Waals surface area contributed by atoms with Gasteiger partial charge >= 0.3 is 0 Å². The second-order valence-electron chi connectivity index (χ2n) is 8.45. The van der Waals surface area contributed by atoms with Gasteiger partial charge in [-0.05, 0) is 56.4 Å². The molecule has 2 aromatic carbocycles. The number of nitrogens with zero attached hydrogens (tertiary/aromatic N) is 1. The Kier molecular flexibility index (Phi) is 9.01. The van der Waals surface area contributed by atoms with Crippen molar-refractivity contribution in [1.29, 1.82) is 0 Å². The van der Waals surface area contributed by atoms with Crippen molar-refractivity contribution in [3.05, 3.63) is 71.3 Å². The number of nitrogens with one attached hydrogen (secondary N) is 2. The van der Waals surface area contributed by atoms with Gasteiger partial charge in [0.15, 0.2) is 0 Å². The normalized spacial score (nSPS) is 15.0. The van der Waals surface area contributed by atoms with Crippen LogP contribution in [0.3, 0.4) is 0 Å². The Morgan fingerprint density at radius 3 is 2.39 bits per heavy atom. The van der Waals surface area contributed by atoms with Gasteiger partial charge in [0.1, 0.15) is 6.04 Å². The van der Waals surface area contributed by atoms with Crippen LogP contribution in [-0.4, -0.2) is 62.0 Å². The van der Waals surface area contributed by atoms with Gasteiger partial charge in [-0.15, -0.1) is 0 Å². The summed E-state index contributed by atoms with van der Waals surface area (Å²) in [6.07, 6.45) is 1.98. The molecule has 176 valence electrons. The molecule has 0 unspecified atom stereocenters. The van der Waals surface area contributed by atoms with Crippen molar-refractivity contribution < 1.29 is 19.1 Å². The monoisotopic (exact) mass is 451 g/mol. The quantitative estimate of drug-likeness (QED) is 0.574. The fourth-order valence-corrected chi connectivity index (χ4v) is 4.15. The van der Waals surface area contributed by atoms with Crippen molar-refractivity contribution in [2.45, 2.75) is 32.2 Å². The highest BCUT2D eigenvalue weighted by molar-refractivity contribution is 5.98. The van der Waals surface area contributed by atoms with Gasteiger partial charge in [0.05, 0.1) is 0 Å². The van der Waals surface area contributed by atoms with E-state index in [0.29, 0.717) is 56.6 Å². The first-order valence-corrected chi connectivity index (χ1v) is 11.5. The van der Waals surface area contributed by atoms with E-state index < -0.39 is 6.04 Å². The highest BCUT2D eigenvalue weighted by Crippen LogP contribution is 2.23. The third-order valence-electron chi connectivity index (χ3n) is 5.99. The highest BCUT2D eigenvalue weighted by Gasteiger charge is 2.34. The summed E-state index contributed by atoms with van der Waals surface area (Å²) < 4.78 is 5.05. The summed E-state index contributed by atoms with van der Waals surface area (Å²) in [5.74, 6) is -0.516. The average molecular weight is 452 g/mol. The molecule has 2 N–H and O–H groups in total. The maximum absolute atomic E-state index is 13.0. The maximum Gasteiger partial charge on any atom is 0.253 e. The third-order valence-corrected chi connectivity index (χ3v) is 5.99. The zero-order valence-corrected chi connectivity index (χ0v) is 19.4. The molecule has 1 aliphatic rings. The number of methoxy groups -OCH3 is 1. The molecule has 0 bridgehead atoms. The van der Waals surface area contributed by atoms with E-state index in [-0.39, 0.29) is 23.6 Å². The van der Waals surface area contributed by atoms with Gasteiger partial charge in [-0.3, -0.25) is 14.4 Å². The average Bonchev–Trinajstić information content (AvgIpc) is 2.85. The summed E-state index contributed by atoms with van der Waals surface area (Å²) in [6, 6.07) is 15.9. The summed E-state index contributed by atoms with van der Waals surface area (Å²) in [7, 11) is 1.62. The number of amides is 3. The molecule has 33 heavy (non-hydrogen) atoms. The number of carbonyl (C=O) groups excluding carboxylic acids is 3. The van der Waals surface area contributed by atoms with Crippen LogP contribution in [0.5, 0.6) is 0 Å². The van der Waals surface area contributed by atoms with Crippen LogP contribution in [0.15, 0.2) is 54.6 Å². The molecule has 3 amide bonds. The molecule has 1 atom stereocenters. The molecule has 2 aromatic rings. The van der Waals surface area contributed by atoms with Gasteiger partial charge in [0.25, 0.3) is 11.8 Å². The second-order valence-corrected chi connectivity index (χ2v) is 8.45. The number of aryl methyl sites for hydroxylation is 1. The van der Waals surface area contributed by atoms with Crippen LogP contribution in [-0.2, 0) is 9.53 Å². The SMILES string of the molecule is COCCCNC(=O)[C@H](NC(=O)c1cccc(C)c1)C1CCN(C(=O)c2ccccc2)CC1. The van der Waals surface area contributed by atoms with E-state index in [1.54, 1.807) is 13.2 Å². The van der Waals surface area contributed by atoms with Crippen molar-refractivity contribution in [1.82, 2.24) is 15.5 Å². The first-order valence-electron chi connectivity index (χ1n) is 11.5. The van der Waals surface area contributed by atoms with Crippen LogP contribution in [0.4, 0.5) is 0 Å². The molecule has 0 aromatic heterocycles. The standard InChI is InChI=1S/C26H33N3O4/c1-19-8-6-11-22(18-19)24(30)28-23(25(31)27-14-7-17-33-2)20-12-15-29(16-13-20)26(32)21-9-4-3-5-10-21/h3-6,8-11,18,20,23H,7,12-17H2,1-2H3,(H,27,31)(H,28,30)/t23-/m1/s1. The molecule has 7 nitrogen and oxygen atoms in total. The summed E-state index contributed by atoms with van der Waals surface area (Å²) in [6.45, 7) is 4.06. The van der Waals surface area contributed by atoms with E-state index >= 15 is 0 Å². The molecule has 0 saturated carbocycles. The Bertz CT molecular complexity index is 940. The van der Waals surface area contributed by atoms with Crippen LogP contribution >= 0.6 is 0 Å². The Morgan fingerprint density at radius 2 is 1.73 bits per heavy atom. The van der Waals surface area contributed by atoms with Crippen LogP contribution in [0.2, 0.25) is 0 Å². The molecule has 7 heteroatoms. The molecule has 1 fully saturated rings. The third kappa shape index (κ3) is 6.89. The number of benzene rings is 2. The number of ether oxygens (including phenoxy) is 1. The molecule has 1 heterocycles. The van der Waals surface area contributed by atoms with Crippen LogP contribution in [0.1, 0.15) is 45.5 Å². The first-order chi connectivity index (χ1) is 16.0. The summed E-state index contributed by atoms with van der Waals surface area (Å²) in [5.41, 5.74) is 2.18. The lowest BCUT2D eigenvalue weighted by molar-refractivity contribution is -0.124. The molecule has 3 rings (SSSR count). The Hall–Kier alpha value is -3.19. The summed E-state index contributed by atoms with van der Waals surface area (Å²) in [5, 5.41) is 5.89. The summed E-state index contributed by atoms with van der Waals surface area (Å²) >= 11 is 0. The number of hydrogen-bond donors (Lipinski definition) is 2. The molecule has 0 radical (unpaired) electrons. The minimum Gasteiger partial charge on any atom is -0.385 e. The fourth-order valence-electron chi connectivity index (χ4n) is 4.15. The van der Waals surface area contributed by atoms with Crippen molar-refractivity contribution in [3.63, 3.8) is 0 Å². The van der Waals surface area contributed by atoms with Crippen molar-refractivity contribution in [2.75, 3.05) is 33.4 Å². The van der Waals surface area contributed by atoms with Crippen molar-refractivity contribution >= 4 is 17.7 Å². The number of piperidine rings is 1. The largest absolute Gasteiger partial charge is 0.385 e. The van der Waals surface area contributed by atoms with E-state index in [9.17, 15) is 14.4 Å². The first kappa shape index (κ1) is 24.5. The molecule has 1 aliphatic heterocycles. The zero-order valence-electron chi connectivity index (χ0n) is 19.4. The van der Waals surface area contributed by atoms with Gasteiger partial charge in [-0.25, -0.2) is 0 Å². The predicted molar refractivity (Wildman–Crippen MR) is 127 cm³/mol. The highest BCUT2D eigenvalue weighted by atomic mass is 16.5. The van der Waals surface area contributed by atoms with E-state index in [1.165, 1.54) is 0 Å². The van der Waals surface area contributed by atoms with E-state index in [1.807, 2.05) is 60.4 Å². The fraction of sp³-hybridized carbons (Fsp3) is 0.423. The second kappa shape index (κ2) is 12.2. The number of carbonyl (C=O) groups is 3. The lowest BCUT2D eigenvalue weighted by Crippen LogP contribution is -2.54. The van der Waals surface area contributed by atoms with Crippen molar-refractivity contribution in [2.24, 2.45) is 5.92 Å². The minimum absolute atomic E-state index is 0.00147. The van der Waals surface area contributed by atoms with E-state index in [4.69, 9.17) is 4.74 Å². The van der Waals surface area contributed by atoms with Gasteiger partial charge in [0.2, 0.25) is 5.91 Å². The van der Waals surface area contributed by atoms with Crippen LogP contribution in [0, 0.1) is 12.8 Å². The molecule has 1 saturated heterocycles. The van der Waals surface area contributed by atoms with Gasteiger partial charge < -0.3 is 20.3 Å².